The molecule has 3 rings (SSSR count). The van der Waals surface area contributed by atoms with Crippen LogP contribution in [0.25, 0.3) is 11.6 Å². The lowest BCUT2D eigenvalue weighted by atomic mass is 10.0. The third-order valence-electron chi connectivity index (χ3n) is 4.81. The summed E-state index contributed by atoms with van der Waals surface area (Å²) in [7, 11) is 0. The molecule has 9 heteroatoms. The molecule has 0 aliphatic carbocycles. The highest BCUT2D eigenvalue weighted by molar-refractivity contribution is 6.32. The topological polar surface area (TPSA) is 114 Å². The SMILES string of the molecule is CCOc1cc(C=C(C#N)c2cccc([N+](=O)[O-])c2)cc(Cl)c1OCC(=O)Nc1ccc(C)cc1. The lowest BCUT2D eigenvalue weighted by molar-refractivity contribution is -0.384. The van der Waals surface area contributed by atoms with Crippen molar-refractivity contribution >= 4 is 40.5 Å². The molecular weight excluding hydrogens is 470 g/mol. The summed E-state index contributed by atoms with van der Waals surface area (Å²) in [5.41, 5.74) is 2.72. The van der Waals surface area contributed by atoms with Crippen molar-refractivity contribution in [3.8, 4) is 17.6 Å². The van der Waals surface area contributed by atoms with E-state index in [4.69, 9.17) is 21.1 Å². The first-order chi connectivity index (χ1) is 16.8. The lowest BCUT2D eigenvalue weighted by Gasteiger charge is -2.15. The summed E-state index contributed by atoms with van der Waals surface area (Å²) in [5.74, 6) is 0.123. The van der Waals surface area contributed by atoms with Crippen molar-refractivity contribution in [3.05, 3.63) is 92.5 Å². The van der Waals surface area contributed by atoms with Gasteiger partial charge in [-0.1, -0.05) is 41.4 Å². The van der Waals surface area contributed by atoms with E-state index >= 15 is 0 Å². The minimum Gasteiger partial charge on any atom is -0.490 e. The van der Waals surface area contributed by atoms with Crippen LogP contribution < -0.4 is 14.8 Å². The number of ether oxygens (including phenoxy) is 2. The van der Waals surface area contributed by atoms with Crippen LogP contribution in [0.2, 0.25) is 5.02 Å². The first-order valence-corrected chi connectivity index (χ1v) is 11.0. The number of nitrogens with zero attached hydrogens (tertiary/aromatic N) is 2. The number of nitro benzene ring substituents is 1. The zero-order valence-corrected chi connectivity index (χ0v) is 19.8. The molecule has 3 aromatic carbocycles. The summed E-state index contributed by atoms with van der Waals surface area (Å²) >= 11 is 6.43. The molecule has 0 saturated heterocycles. The zero-order chi connectivity index (χ0) is 25.4. The molecule has 0 heterocycles. The van der Waals surface area contributed by atoms with Crippen LogP contribution in [0, 0.1) is 28.4 Å². The van der Waals surface area contributed by atoms with E-state index in [1.54, 1.807) is 43.3 Å². The maximum absolute atomic E-state index is 12.3. The number of aryl methyl sites for hydroxylation is 1. The number of carbonyl (C=O) groups excluding carboxylic acids is 1. The summed E-state index contributed by atoms with van der Waals surface area (Å²) in [5, 5.41) is 23.6. The molecule has 0 radical (unpaired) electrons. The fourth-order valence-electron chi connectivity index (χ4n) is 3.18. The van der Waals surface area contributed by atoms with Crippen LogP contribution in [0.4, 0.5) is 11.4 Å². The third-order valence-corrected chi connectivity index (χ3v) is 5.09. The van der Waals surface area contributed by atoms with Crippen LogP contribution in [0.1, 0.15) is 23.6 Å². The number of hydrogen-bond donors (Lipinski definition) is 1. The highest BCUT2D eigenvalue weighted by Gasteiger charge is 2.15. The van der Waals surface area contributed by atoms with Crippen molar-refractivity contribution in [1.29, 1.82) is 5.26 Å². The van der Waals surface area contributed by atoms with Gasteiger partial charge in [-0.15, -0.1) is 0 Å². The molecule has 0 saturated carbocycles. The molecule has 0 aliphatic rings. The largest absolute Gasteiger partial charge is 0.490 e. The van der Waals surface area contributed by atoms with Crippen molar-refractivity contribution in [2.75, 3.05) is 18.5 Å². The van der Waals surface area contributed by atoms with Crippen LogP contribution >= 0.6 is 11.6 Å². The molecule has 0 aliphatic heterocycles. The van der Waals surface area contributed by atoms with E-state index in [9.17, 15) is 20.2 Å². The average molecular weight is 492 g/mol. The summed E-state index contributed by atoms with van der Waals surface area (Å²) in [6.45, 7) is 3.76. The van der Waals surface area contributed by atoms with Gasteiger partial charge in [-0.2, -0.15) is 5.26 Å². The second-order valence-corrected chi connectivity index (χ2v) is 7.85. The Labute approximate surface area is 207 Å². The monoisotopic (exact) mass is 491 g/mol. The molecule has 35 heavy (non-hydrogen) atoms. The predicted octanol–water partition coefficient (Wildman–Crippen LogP) is 6.04. The number of benzene rings is 3. The first kappa shape index (κ1) is 25.3. The average Bonchev–Trinajstić information content (AvgIpc) is 2.83. The van der Waals surface area contributed by atoms with E-state index in [1.807, 2.05) is 19.1 Å². The Bertz CT molecular complexity index is 1310. The van der Waals surface area contributed by atoms with Crippen molar-refractivity contribution in [2.24, 2.45) is 0 Å². The molecule has 0 unspecified atom stereocenters. The van der Waals surface area contributed by atoms with Gasteiger partial charge in [0.2, 0.25) is 0 Å². The van der Waals surface area contributed by atoms with Gasteiger partial charge >= 0.3 is 0 Å². The normalized spacial score (nSPS) is 10.9. The molecule has 178 valence electrons. The predicted molar refractivity (Wildman–Crippen MR) is 135 cm³/mol. The van der Waals surface area contributed by atoms with Gasteiger partial charge in [0.25, 0.3) is 11.6 Å². The number of anilines is 1. The number of hydrogen-bond acceptors (Lipinski definition) is 6. The highest BCUT2D eigenvalue weighted by atomic mass is 35.5. The van der Waals surface area contributed by atoms with Crippen molar-refractivity contribution < 1.29 is 19.2 Å². The number of halogens is 1. The van der Waals surface area contributed by atoms with Crippen molar-refractivity contribution in [3.63, 3.8) is 0 Å². The number of non-ortho nitro benzene ring substituents is 1. The number of nitrogens with one attached hydrogen (secondary N) is 1. The van der Waals surface area contributed by atoms with Gasteiger partial charge in [0.05, 0.1) is 28.2 Å². The Hall–Kier alpha value is -4.35. The van der Waals surface area contributed by atoms with E-state index in [1.165, 1.54) is 18.2 Å². The number of amides is 1. The van der Waals surface area contributed by atoms with Gasteiger partial charge in [0, 0.05) is 17.8 Å². The van der Waals surface area contributed by atoms with Crippen molar-refractivity contribution in [2.45, 2.75) is 13.8 Å². The molecule has 0 fully saturated rings. The molecule has 3 aromatic rings. The Morgan fingerprint density at radius 1 is 1.17 bits per heavy atom. The standard InChI is InChI=1S/C26H22ClN3O5/c1-3-34-24-13-18(11-20(15-28)19-5-4-6-22(14-19)30(32)33)12-23(27)26(24)35-16-25(31)29-21-9-7-17(2)8-10-21/h4-14H,3,16H2,1-2H3,(H,29,31). The zero-order valence-electron chi connectivity index (χ0n) is 19.1. The second kappa shape index (κ2) is 11.7. The van der Waals surface area contributed by atoms with E-state index < -0.39 is 4.92 Å². The van der Waals surface area contributed by atoms with Gasteiger partial charge in [0.1, 0.15) is 0 Å². The van der Waals surface area contributed by atoms with Gasteiger partial charge in [-0.3, -0.25) is 14.9 Å². The van der Waals surface area contributed by atoms with E-state index in [0.29, 0.717) is 29.2 Å². The Balaban J connectivity index is 1.83. The minimum atomic E-state index is -0.524. The van der Waals surface area contributed by atoms with Crippen LogP contribution in [0.5, 0.6) is 11.5 Å². The van der Waals surface area contributed by atoms with E-state index in [-0.39, 0.29) is 34.5 Å². The van der Waals surface area contributed by atoms with Gasteiger partial charge in [0.15, 0.2) is 18.1 Å². The number of carbonyl (C=O) groups is 1. The Morgan fingerprint density at radius 3 is 2.57 bits per heavy atom. The molecule has 8 nitrogen and oxygen atoms in total. The first-order valence-electron chi connectivity index (χ1n) is 10.6. The van der Waals surface area contributed by atoms with Crippen LogP contribution in [-0.2, 0) is 4.79 Å². The molecule has 0 atom stereocenters. The molecule has 0 spiro atoms. The van der Waals surface area contributed by atoms with E-state index in [2.05, 4.69) is 11.4 Å². The maximum atomic E-state index is 12.3. The van der Waals surface area contributed by atoms with E-state index in [0.717, 1.165) is 5.56 Å². The second-order valence-electron chi connectivity index (χ2n) is 7.44. The maximum Gasteiger partial charge on any atom is 0.270 e. The van der Waals surface area contributed by atoms with Crippen LogP contribution in [0.15, 0.2) is 60.7 Å². The fourth-order valence-corrected chi connectivity index (χ4v) is 3.45. The van der Waals surface area contributed by atoms with Gasteiger partial charge in [-0.25, -0.2) is 0 Å². The van der Waals surface area contributed by atoms with Crippen LogP contribution in [0.3, 0.4) is 0 Å². The molecule has 0 bridgehead atoms. The Morgan fingerprint density at radius 2 is 1.91 bits per heavy atom. The van der Waals surface area contributed by atoms with Crippen molar-refractivity contribution in [1.82, 2.24) is 0 Å². The summed E-state index contributed by atoms with van der Waals surface area (Å²) in [6.07, 6.45) is 1.54. The molecular formula is C26H22ClN3O5. The molecule has 1 N–H and O–H groups in total. The number of nitro groups is 1. The van der Waals surface area contributed by atoms with Crippen LogP contribution in [-0.4, -0.2) is 24.0 Å². The summed E-state index contributed by atoms with van der Waals surface area (Å²) < 4.78 is 11.3. The van der Waals surface area contributed by atoms with Gasteiger partial charge < -0.3 is 14.8 Å². The van der Waals surface area contributed by atoms with Gasteiger partial charge in [-0.05, 0) is 55.3 Å². The fraction of sp³-hybridized carbons (Fsp3) is 0.154. The minimum absolute atomic E-state index is 0.121. The third kappa shape index (κ3) is 6.82. The molecule has 0 aromatic heterocycles. The Kier molecular flexibility index (Phi) is 8.43. The summed E-state index contributed by atoms with van der Waals surface area (Å²) in [4.78, 5) is 22.9. The molecule has 1 amide bonds. The smallest absolute Gasteiger partial charge is 0.270 e. The highest BCUT2D eigenvalue weighted by Crippen LogP contribution is 2.38. The number of allylic oxidation sites excluding steroid dienone is 1. The quantitative estimate of drug-likeness (QED) is 0.169. The number of rotatable bonds is 9. The lowest BCUT2D eigenvalue weighted by Crippen LogP contribution is -2.20. The summed E-state index contributed by atoms with van der Waals surface area (Å²) in [6, 6.07) is 18.4. The number of nitriles is 1.